The van der Waals surface area contributed by atoms with Crippen LogP contribution in [0.4, 0.5) is 0 Å². The van der Waals surface area contributed by atoms with Crippen molar-refractivity contribution >= 4 is 11.8 Å². The van der Waals surface area contributed by atoms with Crippen LogP contribution in [0.2, 0.25) is 0 Å². The molecule has 0 spiro atoms. The molecule has 4 nitrogen and oxygen atoms in total. The Labute approximate surface area is 162 Å². The first-order valence-electron chi connectivity index (χ1n) is 10.2. The van der Waals surface area contributed by atoms with Crippen molar-refractivity contribution < 1.29 is 4.74 Å². The summed E-state index contributed by atoms with van der Waals surface area (Å²) in [4.78, 5) is 11.4. The Kier molecular flexibility index (Phi) is 7.14. The third kappa shape index (κ3) is 5.49. The van der Waals surface area contributed by atoms with Crippen molar-refractivity contribution in [2.24, 2.45) is 4.99 Å². The van der Waals surface area contributed by atoms with E-state index in [4.69, 9.17) is 9.73 Å². The van der Waals surface area contributed by atoms with Crippen molar-refractivity contribution in [3.8, 4) is 0 Å². The highest BCUT2D eigenvalue weighted by molar-refractivity contribution is 6.11. The maximum atomic E-state index is 5.50. The predicted octanol–water partition coefficient (Wildman–Crippen LogP) is 6.01. The minimum absolute atomic E-state index is 0.794. The number of allylic oxidation sites excluding steroid dienone is 1. The fourth-order valence-electron chi connectivity index (χ4n) is 3.42. The molecule has 3 heterocycles. The first kappa shape index (κ1) is 19.3. The molecule has 0 aliphatic carbocycles. The number of H-pyrrole nitrogens is 2. The summed E-state index contributed by atoms with van der Waals surface area (Å²) >= 11 is 0. The molecule has 4 heteroatoms. The van der Waals surface area contributed by atoms with E-state index in [-0.39, 0.29) is 0 Å². The first-order valence-corrected chi connectivity index (χ1v) is 10.2. The molecular weight excluding hydrogens is 334 g/mol. The van der Waals surface area contributed by atoms with Gasteiger partial charge in [0.15, 0.2) is 0 Å². The molecule has 0 atom stereocenters. The molecule has 2 aromatic rings. The fraction of sp³-hybridized carbons (Fsp3) is 0.435. The Bertz CT molecular complexity index is 793. The van der Waals surface area contributed by atoms with Gasteiger partial charge in [0.1, 0.15) is 11.5 Å². The van der Waals surface area contributed by atoms with Gasteiger partial charge in [0.05, 0.1) is 18.5 Å². The van der Waals surface area contributed by atoms with Crippen molar-refractivity contribution in [3.05, 3.63) is 65.1 Å². The second-order valence-corrected chi connectivity index (χ2v) is 7.13. The van der Waals surface area contributed by atoms with Gasteiger partial charge < -0.3 is 14.7 Å². The number of aryl methyl sites for hydroxylation is 1. The molecule has 0 saturated carbocycles. The second kappa shape index (κ2) is 10.0. The number of nitrogens with zero attached hydrogens (tertiary/aromatic N) is 1. The van der Waals surface area contributed by atoms with Crippen LogP contribution in [0.1, 0.15) is 69.0 Å². The molecule has 0 amide bonds. The van der Waals surface area contributed by atoms with Crippen LogP contribution < -0.4 is 0 Å². The third-order valence-electron chi connectivity index (χ3n) is 4.97. The van der Waals surface area contributed by atoms with Crippen LogP contribution in [-0.4, -0.2) is 22.8 Å². The number of hydrogen-bond donors (Lipinski definition) is 2. The summed E-state index contributed by atoms with van der Waals surface area (Å²) in [5, 5.41) is 0. The lowest BCUT2D eigenvalue weighted by Crippen LogP contribution is -1.93. The lowest BCUT2D eigenvalue weighted by molar-refractivity contribution is 0.303. The number of nitrogens with one attached hydrogen (secondary N) is 2. The van der Waals surface area contributed by atoms with E-state index in [9.17, 15) is 0 Å². The molecule has 0 radical (unpaired) electrons. The summed E-state index contributed by atoms with van der Waals surface area (Å²) in [5.74, 6) is 0.794. The lowest BCUT2D eigenvalue weighted by Gasteiger charge is -2.01. The van der Waals surface area contributed by atoms with Crippen molar-refractivity contribution in [2.45, 2.75) is 58.3 Å². The molecule has 2 aromatic heterocycles. The molecule has 1 aliphatic rings. The molecule has 27 heavy (non-hydrogen) atoms. The summed E-state index contributed by atoms with van der Waals surface area (Å²) in [6.07, 6.45) is 16.4. The largest absolute Gasteiger partial charge is 0.494 e. The van der Waals surface area contributed by atoms with Gasteiger partial charge in [-0.05, 0) is 43.2 Å². The summed E-state index contributed by atoms with van der Waals surface area (Å²) in [6, 6.07) is 8.30. The standard InChI is InChI=1S/C23H31N3O/c1-3-4-5-6-7-8-9-11-18-13-14-19(25-18)16-22-23(27-2)17-21(26-22)20-12-10-15-24-20/h10,12-17,24-25H,3-9,11H2,1-2H3/b22-16-. The van der Waals surface area contributed by atoms with Crippen molar-refractivity contribution in [1.82, 2.24) is 9.97 Å². The predicted molar refractivity (Wildman–Crippen MR) is 113 cm³/mol. The molecular formula is C23H31N3O. The molecule has 144 valence electrons. The van der Waals surface area contributed by atoms with E-state index >= 15 is 0 Å². The van der Waals surface area contributed by atoms with E-state index in [0.717, 1.165) is 35.0 Å². The zero-order valence-electron chi connectivity index (χ0n) is 16.6. The Morgan fingerprint density at radius 2 is 1.85 bits per heavy atom. The van der Waals surface area contributed by atoms with Gasteiger partial charge in [0.2, 0.25) is 0 Å². The first-order chi connectivity index (χ1) is 13.3. The molecule has 2 N–H and O–H groups in total. The average molecular weight is 366 g/mol. The summed E-state index contributed by atoms with van der Waals surface area (Å²) in [5.41, 5.74) is 5.12. The lowest BCUT2D eigenvalue weighted by atomic mass is 10.1. The molecule has 3 rings (SSSR count). The SMILES string of the molecule is CCCCCCCCCc1ccc(/C=C2\N=C(c3ccc[nH]3)C=C2OC)[nH]1. The van der Waals surface area contributed by atoms with Crippen molar-refractivity contribution in [3.63, 3.8) is 0 Å². The van der Waals surface area contributed by atoms with Crippen LogP contribution in [0.5, 0.6) is 0 Å². The molecule has 0 fully saturated rings. The number of hydrogen-bond acceptors (Lipinski definition) is 2. The van der Waals surface area contributed by atoms with Gasteiger partial charge in [0.25, 0.3) is 0 Å². The number of unbranched alkanes of at least 4 members (excludes halogenated alkanes) is 6. The maximum absolute atomic E-state index is 5.50. The fourth-order valence-corrected chi connectivity index (χ4v) is 3.42. The van der Waals surface area contributed by atoms with Crippen LogP contribution in [0.3, 0.4) is 0 Å². The second-order valence-electron chi connectivity index (χ2n) is 7.13. The third-order valence-corrected chi connectivity index (χ3v) is 4.97. The van der Waals surface area contributed by atoms with Gasteiger partial charge >= 0.3 is 0 Å². The van der Waals surface area contributed by atoms with Crippen molar-refractivity contribution in [1.29, 1.82) is 0 Å². The zero-order valence-corrected chi connectivity index (χ0v) is 16.6. The number of ether oxygens (including phenoxy) is 1. The van der Waals surface area contributed by atoms with E-state index in [1.165, 1.54) is 50.6 Å². The minimum Gasteiger partial charge on any atom is -0.494 e. The number of aromatic amines is 2. The summed E-state index contributed by atoms with van der Waals surface area (Å²) in [6.45, 7) is 2.27. The van der Waals surface area contributed by atoms with Gasteiger partial charge in [-0.2, -0.15) is 0 Å². The Hall–Kier alpha value is -2.49. The minimum atomic E-state index is 0.794. The quantitative estimate of drug-likeness (QED) is 0.471. The van der Waals surface area contributed by atoms with E-state index in [1.807, 2.05) is 24.4 Å². The summed E-state index contributed by atoms with van der Waals surface area (Å²) in [7, 11) is 1.69. The van der Waals surface area contributed by atoms with Crippen LogP contribution in [0.15, 0.2) is 53.0 Å². The van der Waals surface area contributed by atoms with Crippen molar-refractivity contribution in [2.75, 3.05) is 7.11 Å². The van der Waals surface area contributed by atoms with Crippen LogP contribution >= 0.6 is 0 Å². The Morgan fingerprint density at radius 1 is 1.04 bits per heavy atom. The van der Waals surface area contributed by atoms with Gasteiger partial charge in [0, 0.05) is 23.7 Å². The van der Waals surface area contributed by atoms with E-state index in [0.29, 0.717) is 0 Å². The van der Waals surface area contributed by atoms with Gasteiger partial charge in [-0.25, -0.2) is 4.99 Å². The monoisotopic (exact) mass is 365 g/mol. The highest BCUT2D eigenvalue weighted by Crippen LogP contribution is 2.24. The number of rotatable bonds is 11. The molecule has 1 aliphatic heterocycles. The number of aromatic nitrogens is 2. The zero-order chi connectivity index (χ0) is 18.9. The number of methoxy groups -OCH3 is 1. The normalized spacial score (nSPS) is 15.3. The van der Waals surface area contributed by atoms with Gasteiger partial charge in [-0.15, -0.1) is 0 Å². The maximum Gasteiger partial charge on any atom is 0.146 e. The average Bonchev–Trinajstić information content (AvgIpc) is 3.42. The van der Waals surface area contributed by atoms with Crippen LogP contribution in [-0.2, 0) is 11.2 Å². The van der Waals surface area contributed by atoms with E-state index in [1.54, 1.807) is 7.11 Å². The van der Waals surface area contributed by atoms with E-state index < -0.39 is 0 Å². The topological polar surface area (TPSA) is 53.2 Å². The van der Waals surface area contributed by atoms with Gasteiger partial charge in [-0.3, -0.25) is 0 Å². The summed E-state index contributed by atoms with van der Waals surface area (Å²) < 4.78 is 5.50. The molecule has 0 bridgehead atoms. The smallest absolute Gasteiger partial charge is 0.146 e. The Balaban J connectivity index is 1.54. The molecule has 0 saturated heterocycles. The van der Waals surface area contributed by atoms with Crippen LogP contribution in [0, 0.1) is 0 Å². The molecule has 0 aromatic carbocycles. The number of aliphatic imine (C=N–C) groups is 1. The van der Waals surface area contributed by atoms with Crippen LogP contribution in [0.25, 0.3) is 6.08 Å². The highest BCUT2D eigenvalue weighted by Gasteiger charge is 2.17. The molecule has 0 unspecified atom stereocenters. The van der Waals surface area contributed by atoms with E-state index in [2.05, 4.69) is 35.1 Å². The van der Waals surface area contributed by atoms with Gasteiger partial charge in [-0.1, -0.05) is 45.4 Å². The Morgan fingerprint density at radius 3 is 2.59 bits per heavy atom. The highest BCUT2D eigenvalue weighted by atomic mass is 16.5.